The molecule has 0 aliphatic heterocycles. The minimum Gasteiger partial charge on any atom is -0.354 e. The van der Waals surface area contributed by atoms with E-state index >= 15 is 0 Å². The second-order valence-corrected chi connectivity index (χ2v) is 14.0. The lowest BCUT2D eigenvalue weighted by atomic mass is 9.86. The molecule has 2 N–H and O–H groups in total. The molecule has 5 aromatic carbocycles. The van der Waals surface area contributed by atoms with Gasteiger partial charge in [0.25, 0.3) is 0 Å². The van der Waals surface area contributed by atoms with Crippen molar-refractivity contribution in [3.05, 3.63) is 130 Å². The highest BCUT2D eigenvalue weighted by Gasteiger charge is 2.17. The van der Waals surface area contributed by atoms with Gasteiger partial charge in [-0.2, -0.15) is 0 Å². The summed E-state index contributed by atoms with van der Waals surface area (Å²) in [7, 11) is 0. The zero-order valence-corrected chi connectivity index (χ0v) is 27.5. The van der Waals surface area contributed by atoms with Gasteiger partial charge in [0.15, 0.2) is 0 Å². The van der Waals surface area contributed by atoms with E-state index in [0.29, 0.717) is 5.02 Å². The summed E-state index contributed by atoms with van der Waals surface area (Å²) in [5, 5.41) is 7.93. The molecule has 42 heavy (non-hydrogen) atoms. The number of hydrogen-bond acceptors (Lipinski definition) is 2. The lowest BCUT2D eigenvalue weighted by Gasteiger charge is -2.21. The Morgan fingerprint density at radius 2 is 0.857 bits per heavy atom. The van der Waals surface area contributed by atoms with E-state index in [4.69, 9.17) is 11.6 Å². The molecular weight excluding hydrogens is 600 g/mol. The fourth-order valence-corrected chi connectivity index (χ4v) is 5.69. The lowest BCUT2D eigenvalue weighted by Crippen LogP contribution is -2.10. The Bertz CT molecular complexity index is 1570. The van der Waals surface area contributed by atoms with Gasteiger partial charge in [-0.1, -0.05) is 138 Å². The predicted octanol–water partition coefficient (Wildman–Crippen LogP) is 12.5. The third kappa shape index (κ3) is 6.75. The first-order chi connectivity index (χ1) is 19.9. The zero-order valence-electron chi connectivity index (χ0n) is 25.1. The van der Waals surface area contributed by atoms with Crippen LogP contribution >= 0.6 is 27.5 Å². The molecule has 5 aromatic rings. The number of hydrogen-bond donors (Lipinski definition) is 2. The van der Waals surface area contributed by atoms with Gasteiger partial charge in [-0.25, -0.2) is 0 Å². The van der Waals surface area contributed by atoms with Crippen molar-refractivity contribution in [3.63, 3.8) is 0 Å². The quantitative estimate of drug-likeness (QED) is 0.194. The topological polar surface area (TPSA) is 24.1 Å². The van der Waals surface area contributed by atoms with Gasteiger partial charge >= 0.3 is 0 Å². The van der Waals surface area contributed by atoms with Gasteiger partial charge in [0, 0.05) is 27.5 Å². The first-order valence-electron chi connectivity index (χ1n) is 14.3. The van der Waals surface area contributed by atoms with Gasteiger partial charge in [0.1, 0.15) is 0 Å². The summed E-state index contributed by atoms with van der Waals surface area (Å²) in [6.45, 7) is 13.4. The number of halogens is 2. The smallest absolute Gasteiger partial charge is 0.0646 e. The van der Waals surface area contributed by atoms with Crippen LogP contribution < -0.4 is 10.6 Å². The van der Waals surface area contributed by atoms with Crippen molar-refractivity contribution in [1.82, 2.24) is 0 Å². The molecule has 0 aliphatic rings. The molecule has 0 spiro atoms. The molecule has 0 amide bonds. The first kappa shape index (κ1) is 29.9. The summed E-state index contributed by atoms with van der Waals surface area (Å²) in [4.78, 5) is 0. The van der Waals surface area contributed by atoms with E-state index in [1.807, 2.05) is 24.3 Å². The molecule has 0 unspecified atom stereocenters. The molecule has 0 radical (unpaired) electrons. The SMILES string of the molecule is CC(C)(C)c1ccc(-c2ccccc2Nc2cc(Cl)cc(Nc3ccccc3-c3ccc(C(C)(C)C)cc3)c2Br)cc1. The highest BCUT2D eigenvalue weighted by molar-refractivity contribution is 9.10. The largest absolute Gasteiger partial charge is 0.354 e. The summed E-state index contributed by atoms with van der Waals surface area (Å²) < 4.78 is 0.905. The van der Waals surface area contributed by atoms with Gasteiger partial charge < -0.3 is 10.6 Å². The minimum atomic E-state index is 0.111. The molecule has 0 saturated carbocycles. The van der Waals surface area contributed by atoms with E-state index in [0.717, 1.165) is 49.5 Å². The molecule has 2 nitrogen and oxygen atoms in total. The number of rotatable bonds is 6. The number of nitrogens with one attached hydrogen (secondary N) is 2. The molecule has 0 heterocycles. The Morgan fingerprint density at radius 1 is 0.500 bits per heavy atom. The molecular formula is C38H38BrClN2. The molecule has 214 valence electrons. The first-order valence-corrected chi connectivity index (χ1v) is 15.5. The van der Waals surface area contributed by atoms with Crippen LogP contribution in [0.2, 0.25) is 5.02 Å². The highest BCUT2D eigenvalue weighted by Crippen LogP contribution is 2.41. The third-order valence-corrected chi connectivity index (χ3v) is 8.63. The van der Waals surface area contributed by atoms with E-state index in [1.54, 1.807) is 0 Å². The molecule has 0 fully saturated rings. The molecule has 0 bridgehead atoms. The lowest BCUT2D eigenvalue weighted by molar-refractivity contribution is 0.590. The van der Waals surface area contributed by atoms with Crippen LogP contribution in [0.3, 0.4) is 0 Å². The van der Waals surface area contributed by atoms with E-state index in [-0.39, 0.29) is 10.8 Å². The van der Waals surface area contributed by atoms with E-state index in [1.165, 1.54) is 11.1 Å². The summed E-state index contributed by atoms with van der Waals surface area (Å²) >= 11 is 10.6. The summed E-state index contributed by atoms with van der Waals surface area (Å²) in [5.74, 6) is 0. The number of para-hydroxylation sites is 2. The van der Waals surface area contributed by atoms with Crippen LogP contribution in [0.25, 0.3) is 22.3 Å². The summed E-state index contributed by atoms with van der Waals surface area (Å²) in [6.07, 6.45) is 0. The number of anilines is 4. The fraction of sp³-hybridized carbons (Fsp3) is 0.211. The molecule has 5 rings (SSSR count). The van der Waals surface area contributed by atoms with E-state index in [9.17, 15) is 0 Å². The molecule has 0 aromatic heterocycles. The standard InChI is InChI=1S/C38H38BrClN2/c1-37(2,3)27-19-15-25(16-20-27)30-11-7-9-13-32(30)41-34-23-29(40)24-35(36(34)39)42-33-14-10-8-12-31(33)26-17-21-28(22-18-26)38(4,5)6/h7-24,41-42H,1-6H3. The molecule has 0 aliphatic carbocycles. The van der Waals surface area contributed by atoms with Crippen LogP contribution in [-0.4, -0.2) is 0 Å². The maximum atomic E-state index is 6.69. The van der Waals surface area contributed by atoms with E-state index < -0.39 is 0 Å². The Labute approximate surface area is 264 Å². The van der Waals surface area contributed by atoms with Crippen LogP contribution in [0, 0.1) is 0 Å². The molecule has 0 saturated heterocycles. The van der Waals surface area contributed by atoms with Crippen molar-refractivity contribution >= 4 is 50.3 Å². The Balaban J connectivity index is 1.46. The van der Waals surface area contributed by atoms with Gasteiger partial charge in [-0.05, 0) is 73.3 Å². The maximum Gasteiger partial charge on any atom is 0.0646 e. The monoisotopic (exact) mass is 636 g/mol. The van der Waals surface area contributed by atoms with Crippen molar-refractivity contribution < 1.29 is 0 Å². The van der Waals surface area contributed by atoms with Crippen LogP contribution in [0.4, 0.5) is 22.7 Å². The second-order valence-electron chi connectivity index (χ2n) is 12.8. The van der Waals surface area contributed by atoms with Crippen LogP contribution in [-0.2, 0) is 10.8 Å². The average molecular weight is 638 g/mol. The maximum absolute atomic E-state index is 6.69. The van der Waals surface area contributed by atoms with Crippen molar-refractivity contribution in [1.29, 1.82) is 0 Å². The zero-order chi connectivity index (χ0) is 30.1. The second kappa shape index (κ2) is 12.0. The van der Waals surface area contributed by atoms with Crippen molar-refractivity contribution in [3.8, 4) is 22.3 Å². The normalized spacial score (nSPS) is 11.8. The van der Waals surface area contributed by atoms with Crippen molar-refractivity contribution in [2.45, 2.75) is 52.4 Å². The predicted molar refractivity (Wildman–Crippen MR) is 187 cm³/mol. The van der Waals surface area contributed by atoms with Gasteiger partial charge in [0.05, 0.1) is 15.8 Å². The van der Waals surface area contributed by atoms with Crippen molar-refractivity contribution in [2.75, 3.05) is 10.6 Å². The Kier molecular flexibility index (Phi) is 8.55. The Morgan fingerprint density at radius 3 is 1.21 bits per heavy atom. The van der Waals surface area contributed by atoms with Crippen molar-refractivity contribution in [2.24, 2.45) is 0 Å². The van der Waals surface area contributed by atoms with Gasteiger partial charge in [0.2, 0.25) is 0 Å². The van der Waals surface area contributed by atoms with Gasteiger partial charge in [-0.15, -0.1) is 0 Å². The Hall–Kier alpha value is -3.53. The third-order valence-electron chi connectivity index (χ3n) is 7.55. The van der Waals surface area contributed by atoms with E-state index in [2.05, 4.69) is 153 Å². The molecule has 0 atom stereocenters. The summed E-state index contributed by atoms with van der Waals surface area (Å²) in [5.41, 5.74) is 11.2. The number of benzene rings is 5. The average Bonchev–Trinajstić information content (AvgIpc) is 2.95. The van der Waals surface area contributed by atoms with Crippen LogP contribution in [0.5, 0.6) is 0 Å². The van der Waals surface area contributed by atoms with Crippen LogP contribution in [0.1, 0.15) is 52.7 Å². The van der Waals surface area contributed by atoms with Crippen LogP contribution in [0.15, 0.2) is 114 Å². The fourth-order valence-electron chi connectivity index (χ4n) is 5.05. The molecule has 4 heteroatoms. The highest BCUT2D eigenvalue weighted by atomic mass is 79.9. The van der Waals surface area contributed by atoms with Gasteiger partial charge in [-0.3, -0.25) is 0 Å². The minimum absolute atomic E-state index is 0.111. The summed E-state index contributed by atoms with van der Waals surface area (Å²) in [6, 6.07) is 38.3.